The normalized spacial score (nSPS) is 50.2. The molecule has 0 unspecified atom stereocenters. The molecule has 16 heteroatoms. The predicted molar refractivity (Wildman–Crippen MR) is 110 cm³/mol. The maximum atomic E-state index is 10.8. The smallest absolute Gasteiger partial charge is 0.189 e. The molecule has 3 aliphatic heterocycles. The Morgan fingerprint density at radius 1 is 0.583 bits per heavy atom. The summed E-state index contributed by atoms with van der Waals surface area (Å²) in [7, 11) is 0. The van der Waals surface area contributed by atoms with E-state index in [2.05, 4.69) is 0 Å². The van der Waals surface area contributed by atoms with Crippen LogP contribution in [-0.4, -0.2) is 163 Å². The van der Waals surface area contributed by atoms with Crippen molar-refractivity contribution >= 4 is 0 Å². The van der Waals surface area contributed by atoms with E-state index >= 15 is 0 Å². The molecule has 0 saturated carbocycles. The number of aliphatic hydroxyl groups is 10. The summed E-state index contributed by atoms with van der Waals surface area (Å²) < 4.78 is 32.1. The Labute approximate surface area is 205 Å². The van der Waals surface area contributed by atoms with Crippen LogP contribution in [0, 0.1) is 0 Å². The molecule has 15 atom stereocenters. The third-order valence-electron chi connectivity index (χ3n) is 6.24. The highest BCUT2D eigenvalue weighted by Gasteiger charge is 2.51. The van der Waals surface area contributed by atoms with Crippen molar-refractivity contribution in [2.75, 3.05) is 19.8 Å². The van der Waals surface area contributed by atoms with Gasteiger partial charge in [0, 0.05) is 6.61 Å². The molecule has 10 N–H and O–H groups in total. The van der Waals surface area contributed by atoms with Crippen LogP contribution >= 0.6 is 0 Å². The van der Waals surface area contributed by atoms with Crippen LogP contribution in [0.3, 0.4) is 0 Å². The lowest BCUT2D eigenvalue weighted by molar-refractivity contribution is -0.381. The fourth-order valence-electron chi connectivity index (χ4n) is 4.06. The fraction of sp³-hybridized carbons (Fsp3) is 1.00. The second-order valence-electron chi connectivity index (χ2n) is 8.89. The topological polar surface area (TPSA) is 258 Å². The van der Waals surface area contributed by atoms with E-state index in [1.165, 1.54) is 0 Å². The van der Waals surface area contributed by atoms with Gasteiger partial charge in [-0.3, -0.25) is 0 Å². The Morgan fingerprint density at radius 3 is 1.81 bits per heavy atom. The average Bonchev–Trinajstić information content (AvgIpc) is 2.86. The number of hydrogen-bond donors (Lipinski definition) is 10. The van der Waals surface area contributed by atoms with Crippen molar-refractivity contribution in [3.63, 3.8) is 0 Å². The SMILES string of the molecule is CCCO[C@H]1O[C@H](CO[C@H]2O[C@H](CO)[C@@H](O)[C@H](O)[C@@H]2O)[C@@H](O)[C@H](O[C@H]2O[C@H](O)[C@@H](O)[C@H](O)[C@@H]2O)[C@@H]1O. The monoisotopic (exact) mass is 532 g/mol. The molecule has 3 rings (SSSR count). The van der Waals surface area contributed by atoms with Crippen molar-refractivity contribution in [1.82, 2.24) is 0 Å². The highest BCUT2D eigenvalue weighted by atomic mass is 16.8. The summed E-state index contributed by atoms with van der Waals surface area (Å²) in [5.74, 6) is 0. The van der Waals surface area contributed by atoms with Gasteiger partial charge in [-0.05, 0) is 6.42 Å². The van der Waals surface area contributed by atoms with Gasteiger partial charge in [0.25, 0.3) is 0 Å². The average molecular weight is 532 g/mol. The number of aliphatic hydroxyl groups excluding tert-OH is 10. The van der Waals surface area contributed by atoms with Crippen molar-refractivity contribution in [3.05, 3.63) is 0 Å². The van der Waals surface area contributed by atoms with Crippen molar-refractivity contribution in [3.8, 4) is 0 Å². The van der Waals surface area contributed by atoms with Crippen molar-refractivity contribution in [2.24, 2.45) is 0 Å². The van der Waals surface area contributed by atoms with Crippen molar-refractivity contribution in [1.29, 1.82) is 0 Å². The fourth-order valence-corrected chi connectivity index (χ4v) is 4.06. The third-order valence-corrected chi connectivity index (χ3v) is 6.24. The lowest BCUT2D eigenvalue weighted by atomic mass is 9.97. The second kappa shape index (κ2) is 12.9. The molecule has 3 fully saturated rings. The molecule has 3 heterocycles. The van der Waals surface area contributed by atoms with E-state index in [1.54, 1.807) is 6.92 Å². The minimum atomic E-state index is -1.93. The number of rotatable bonds is 9. The molecule has 0 aromatic carbocycles. The summed E-state index contributed by atoms with van der Waals surface area (Å²) in [5.41, 5.74) is 0. The number of hydrogen-bond acceptors (Lipinski definition) is 16. The van der Waals surface area contributed by atoms with Crippen LogP contribution in [0.2, 0.25) is 0 Å². The van der Waals surface area contributed by atoms with Gasteiger partial charge in [0.15, 0.2) is 25.2 Å². The Kier molecular flexibility index (Phi) is 10.8. The molecule has 3 saturated heterocycles. The minimum absolute atomic E-state index is 0.136. The number of ether oxygens (including phenoxy) is 6. The van der Waals surface area contributed by atoms with Gasteiger partial charge >= 0.3 is 0 Å². The zero-order valence-electron chi connectivity index (χ0n) is 19.4. The van der Waals surface area contributed by atoms with Crippen LogP contribution in [0.5, 0.6) is 0 Å². The summed E-state index contributed by atoms with van der Waals surface area (Å²) in [4.78, 5) is 0. The highest BCUT2D eigenvalue weighted by Crippen LogP contribution is 2.30. The summed E-state index contributed by atoms with van der Waals surface area (Å²) >= 11 is 0. The standard InChI is InChI=1S/C20H36O16/c1-2-3-31-19-15(29)16(35-20-14(28)11(25)12(26)17(30)36-20)9(23)7(34-19)5-32-18-13(27)10(24)8(22)6(4-21)33-18/h6-30H,2-5H2,1H3/t6-,7-,8-,9-,10+,11+,12+,13+,14+,15+,16+,17+,18+,19+,20+/m1/s1. The van der Waals surface area contributed by atoms with Crippen LogP contribution in [0.25, 0.3) is 0 Å². The molecule has 212 valence electrons. The zero-order chi connectivity index (χ0) is 26.7. The van der Waals surface area contributed by atoms with E-state index in [4.69, 9.17) is 28.4 Å². The van der Waals surface area contributed by atoms with Gasteiger partial charge in [-0.25, -0.2) is 0 Å². The molecule has 36 heavy (non-hydrogen) atoms. The molecular formula is C20H36O16. The first-order chi connectivity index (χ1) is 17.0. The van der Waals surface area contributed by atoms with Gasteiger partial charge in [-0.2, -0.15) is 0 Å². The third kappa shape index (κ3) is 6.32. The summed E-state index contributed by atoms with van der Waals surface area (Å²) in [6.45, 7) is 0.716. The van der Waals surface area contributed by atoms with Crippen LogP contribution < -0.4 is 0 Å². The molecule has 0 amide bonds. The van der Waals surface area contributed by atoms with Crippen LogP contribution in [0.1, 0.15) is 13.3 Å². The van der Waals surface area contributed by atoms with Gasteiger partial charge in [-0.1, -0.05) is 6.92 Å². The van der Waals surface area contributed by atoms with E-state index in [-0.39, 0.29) is 6.61 Å². The Bertz CT molecular complexity index is 670. The molecule has 0 aromatic heterocycles. The molecule has 3 aliphatic rings. The molecular weight excluding hydrogens is 496 g/mol. The van der Waals surface area contributed by atoms with Crippen LogP contribution in [0.4, 0.5) is 0 Å². The molecule has 0 aliphatic carbocycles. The lowest BCUT2D eigenvalue weighted by Crippen LogP contribution is -2.65. The Hall–Kier alpha value is -0.640. The van der Waals surface area contributed by atoms with Crippen molar-refractivity contribution in [2.45, 2.75) is 106 Å². The predicted octanol–water partition coefficient (Wildman–Crippen LogP) is -6.18. The van der Waals surface area contributed by atoms with E-state index in [1.807, 2.05) is 0 Å². The first-order valence-electron chi connectivity index (χ1n) is 11.6. The molecule has 0 aromatic rings. The quantitative estimate of drug-likeness (QED) is 0.132. The van der Waals surface area contributed by atoms with E-state index in [9.17, 15) is 51.1 Å². The van der Waals surface area contributed by atoms with Crippen molar-refractivity contribution < 1.29 is 79.5 Å². The molecule has 0 radical (unpaired) electrons. The highest BCUT2D eigenvalue weighted by molar-refractivity contribution is 4.94. The van der Waals surface area contributed by atoms with Gasteiger partial charge in [0.1, 0.15) is 67.1 Å². The Balaban J connectivity index is 1.71. The maximum absolute atomic E-state index is 10.8. The minimum Gasteiger partial charge on any atom is -0.394 e. The second-order valence-corrected chi connectivity index (χ2v) is 8.89. The van der Waals surface area contributed by atoms with E-state index in [0.29, 0.717) is 6.42 Å². The molecule has 0 bridgehead atoms. The van der Waals surface area contributed by atoms with Gasteiger partial charge in [-0.15, -0.1) is 0 Å². The first-order valence-corrected chi connectivity index (χ1v) is 11.6. The zero-order valence-corrected chi connectivity index (χ0v) is 19.4. The van der Waals surface area contributed by atoms with Gasteiger partial charge in [0.2, 0.25) is 0 Å². The Morgan fingerprint density at radius 2 is 1.17 bits per heavy atom. The van der Waals surface area contributed by atoms with Gasteiger partial charge in [0.05, 0.1) is 13.2 Å². The van der Waals surface area contributed by atoms with E-state index in [0.717, 1.165) is 0 Å². The van der Waals surface area contributed by atoms with Crippen LogP contribution in [-0.2, 0) is 28.4 Å². The molecule has 16 nitrogen and oxygen atoms in total. The maximum Gasteiger partial charge on any atom is 0.189 e. The first kappa shape index (κ1) is 29.9. The lowest BCUT2D eigenvalue weighted by Gasteiger charge is -2.46. The summed E-state index contributed by atoms with van der Waals surface area (Å²) in [6.07, 6.45) is -24.1. The van der Waals surface area contributed by atoms with Crippen LogP contribution in [0.15, 0.2) is 0 Å². The molecule has 0 spiro atoms. The summed E-state index contributed by atoms with van der Waals surface area (Å²) in [5, 5.41) is 100. The largest absolute Gasteiger partial charge is 0.394 e. The van der Waals surface area contributed by atoms with E-state index < -0.39 is 106 Å². The van der Waals surface area contributed by atoms with Gasteiger partial charge < -0.3 is 79.5 Å². The summed E-state index contributed by atoms with van der Waals surface area (Å²) in [6, 6.07) is 0.